The molecule has 5 heteroatoms. The maximum atomic E-state index is 5.88. The zero-order valence-electron chi connectivity index (χ0n) is 9.73. The molecule has 0 fully saturated rings. The lowest BCUT2D eigenvalue weighted by Crippen LogP contribution is -2.06. The van der Waals surface area contributed by atoms with Gasteiger partial charge < -0.3 is 10.3 Å². The maximum absolute atomic E-state index is 5.88. The number of imidazole rings is 1. The van der Waals surface area contributed by atoms with Crippen LogP contribution >= 0.6 is 0 Å². The van der Waals surface area contributed by atoms with Gasteiger partial charge in [-0.1, -0.05) is 0 Å². The van der Waals surface area contributed by atoms with Crippen molar-refractivity contribution >= 4 is 5.82 Å². The van der Waals surface area contributed by atoms with Crippen molar-refractivity contribution in [3.63, 3.8) is 0 Å². The normalized spacial score (nSPS) is 10.7. The minimum Gasteiger partial charge on any atom is -0.382 e. The molecule has 0 spiro atoms. The first-order chi connectivity index (χ1) is 7.63. The van der Waals surface area contributed by atoms with E-state index in [9.17, 15) is 0 Å². The number of aryl methyl sites for hydroxylation is 3. The number of nitrogens with two attached hydrogens (primary N) is 1. The highest BCUT2D eigenvalue weighted by Gasteiger charge is 2.12. The molecule has 0 atom stereocenters. The average Bonchev–Trinajstić information content (AvgIpc) is 2.71. The summed E-state index contributed by atoms with van der Waals surface area (Å²) in [5.41, 5.74) is 8.28. The molecule has 0 amide bonds. The van der Waals surface area contributed by atoms with Crippen LogP contribution in [0.4, 0.5) is 5.82 Å². The van der Waals surface area contributed by atoms with Gasteiger partial charge in [0.05, 0.1) is 11.4 Å². The highest BCUT2D eigenvalue weighted by molar-refractivity contribution is 5.64. The molecule has 0 aliphatic rings. The number of nitrogens with zero attached hydrogens (tertiary/aromatic N) is 4. The number of hydrogen-bond donors (Lipinski definition) is 1. The van der Waals surface area contributed by atoms with Crippen LogP contribution in [0.25, 0.3) is 11.5 Å². The highest BCUT2D eigenvalue weighted by Crippen LogP contribution is 2.21. The van der Waals surface area contributed by atoms with Crippen molar-refractivity contribution < 1.29 is 0 Å². The first kappa shape index (κ1) is 10.6. The summed E-state index contributed by atoms with van der Waals surface area (Å²) in [4.78, 5) is 13.0. The standard InChI is InChI=1S/C11H15N5/c1-4-16-6-5-13-11(16)9-10(12)15-8(3)7(2)14-9/h5-6H,4H2,1-3H3,(H2,12,15). The molecule has 0 unspecified atom stereocenters. The molecule has 2 aromatic rings. The number of aromatic nitrogens is 4. The molecule has 5 nitrogen and oxygen atoms in total. The Hall–Kier alpha value is -1.91. The lowest BCUT2D eigenvalue weighted by Gasteiger charge is -2.08. The Morgan fingerprint density at radius 1 is 1.25 bits per heavy atom. The monoisotopic (exact) mass is 217 g/mol. The van der Waals surface area contributed by atoms with Crippen LogP contribution in [-0.4, -0.2) is 19.5 Å². The van der Waals surface area contributed by atoms with E-state index in [1.807, 2.05) is 24.6 Å². The Labute approximate surface area is 94.4 Å². The van der Waals surface area contributed by atoms with Crippen LogP contribution in [0.3, 0.4) is 0 Å². The van der Waals surface area contributed by atoms with Crippen LogP contribution in [-0.2, 0) is 6.54 Å². The lowest BCUT2D eigenvalue weighted by atomic mass is 10.3. The lowest BCUT2D eigenvalue weighted by molar-refractivity contribution is 0.767. The van der Waals surface area contributed by atoms with E-state index in [0.717, 1.165) is 23.8 Å². The molecule has 0 radical (unpaired) electrons. The molecule has 2 aromatic heterocycles. The van der Waals surface area contributed by atoms with Crippen LogP contribution in [0.15, 0.2) is 12.4 Å². The molecule has 2 N–H and O–H groups in total. The summed E-state index contributed by atoms with van der Waals surface area (Å²) < 4.78 is 2.00. The largest absolute Gasteiger partial charge is 0.382 e. The summed E-state index contributed by atoms with van der Waals surface area (Å²) in [6.45, 7) is 6.71. The maximum Gasteiger partial charge on any atom is 0.162 e. The topological polar surface area (TPSA) is 69.6 Å². The van der Waals surface area contributed by atoms with Crippen LogP contribution in [0.1, 0.15) is 18.3 Å². The second kappa shape index (κ2) is 3.92. The summed E-state index contributed by atoms with van der Waals surface area (Å²) in [5.74, 6) is 1.21. The van der Waals surface area contributed by atoms with Crippen molar-refractivity contribution in [3.8, 4) is 11.5 Å². The van der Waals surface area contributed by atoms with Gasteiger partial charge in [0, 0.05) is 18.9 Å². The number of hydrogen-bond acceptors (Lipinski definition) is 4. The molecule has 2 heterocycles. The van der Waals surface area contributed by atoms with Crippen molar-refractivity contribution in [1.29, 1.82) is 0 Å². The van der Waals surface area contributed by atoms with E-state index in [2.05, 4.69) is 21.9 Å². The Morgan fingerprint density at radius 3 is 2.62 bits per heavy atom. The first-order valence-corrected chi connectivity index (χ1v) is 5.25. The summed E-state index contributed by atoms with van der Waals surface area (Å²) in [6.07, 6.45) is 3.65. The van der Waals surface area contributed by atoms with Crippen molar-refractivity contribution in [1.82, 2.24) is 19.5 Å². The van der Waals surface area contributed by atoms with E-state index in [0.29, 0.717) is 11.5 Å². The highest BCUT2D eigenvalue weighted by atomic mass is 15.1. The zero-order valence-corrected chi connectivity index (χ0v) is 9.73. The van der Waals surface area contributed by atoms with Gasteiger partial charge in [0.15, 0.2) is 11.6 Å². The van der Waals surface area contributed by atoms with Crippen molar-refractivity contribution in [3.05, 3.63) is 23.8 Å². The van der Waals surface area contributed by atoms with E-state index >= 15 is 0 Å². The predicted octanol–water partition coefficient (Wildman–Crippen LogP) is 1.56. The molecule has 0 aliphatic carbocycles. The second-order valence-electron chi connectivity index (χ2n) is 3.67. The zero-order chi connectivity index (χ0) is 11.7. The van der Waals surface area contributed by atoms with Gasteiger partial charge in [-0.15, -0.1) is 0 Å². The van der Waals surface area contributed by atoms with Gasteiger partial charge >= 0.3 is 0 Å². The summed E-state index contributed by atoms with van der Waals surface area (Å²) in [6, 6.07) is 0. The quantitative estimate of drug-likeness (QED) is 0.828. The molecule has 0 aliphatic heterocycles. The van der Waals surface area contributed by atoms with Crippen LogP contribution in [0.2, 0.25) is 0 Å². The predicted molar refractivity (Wildman–Crippen MR) is 62.8 cm³/mol. The van der Waals surface area contributed by atoms with Crippen LogP contribution < -0.4 is 5.73 Å². The van der Waals surface area contributed by atoms with Crippen molar-refractivity contribution in [2.45, 2.75) is 27.3 Å². The average molecular weight is 217 g/mol. The van der Waals surface area contributed by atoms with Gasteiger partial charge in [-0.3, -0.25) is 0 Å². The van der Waals surface area contributed by atoms with Gasteiger partial charge in [-0.25, -0.2) is 15.0 Å². The minimum absolute atomic E-state index is 0.434. The van der Waals surface area contributed by atoms with Crippen LogP contribution in [0.5, 0.6) is 0 Å². The minimum atomic E-state index is 0.434. The van der Waals surface area contributed by atoms with Gasteiger partial charge in [0.25, 0.3) is 0 Å². The van der Waals surface area contributed by atoms with Gasteiger partial charge in [-0.2, -0.15) is 0 Å². The van der Waals surface area contributed by atoms with Gasteiger partial charge in [0.1, 0.15) is 5.69 Å². The van der Waals surface area contributed by atoms with E-state index < -0.39 is 0 Å². The second-order valence-corrected chi connectivity index (χ2v) is 3.67. The smallest absolute Gasteiger partial charge is 0.162 e. The van der Waals surface area contributed by atoms with E-state index in [4.69, 9.17) is 5.73 Å². The SMILES string of the molecule is CCn1ccnc1-c1nc(C)c(C)nc1N. The molecule has 2 rings (SSSR count). The fourth-order valence-electron chi connectivity index (χ4n) is 1.57. The number of anilines is 1. The molecule has 0 saturated heterocycles. The Balaban J connectivity index is 2.60. The fraction of sp³-hybridized carbons (Fsp3) is 0.364. The molecular formula is C11H15N5. The summed E-state index contributed by atoms with van der Waals surface area (Å²) >= 11 is 0. The van der Waals surface area contributed by atoms with E-state index in [-0.39, 0.29) is 0 Å². The fourth-order valence-corrected chi connectivity index (χ4v) is 1.57. The first-order valence-electron chi connectivity index (χ1n) is 5.25. The third-order valence-electron chi connectivity index (χ3n) is 2.60. The van der Waals surface area contributed by atoms with Crippen LogP contribution in [0, 0.1) is 13.8 Å². The van der Waals surface area contributed by atoms with Gasteiger partial charge in [0.2, 0.25) is 0 Å². The molecule has 0 aromatic carbocycles. The van der Waals surface area contributed by atoms with E-state index in [1.54, 1.807) is 6.20 Å². The molecule has 0 saturated carbocycles. The van der Waals surface area contributed by atoms with E-state index in [1.165, 1.54) is 0 Å². The van der Waals surface area contributed by atoms with Crippen molar-refractivity contribution in [2.24, 2.45) is 0 Å². The third-order valence-corrected chi connectivity index (χ3v) is 2.60. The number of nitrogen functional groups attached to an aromatic ring is 1. The summed E-state index contributed by atoms with van der Waals surface area (Å²) in [7, 11) is 0. The molecule has 84 valence electrons. The van der Waals surface area contributed by atoms with Gasteiger partial charge in [-0.05, 0) is 20.8 Å². The Bertz CT molecular complexity index is 515. The summed E-state index contributed by atoms with van der Waals surface area (Å²) in [5, 5.41) is 0. The third kappa shape index (κ3) is 1.64. The molecule has 0 bridgehead atoms. The Morgan fingerprint density at radius 2 is 1.94 bits per heavy atom. The number of rotatable bonds is 2. The Kier molecular flexibility index (Phi) is 2.60. The molecule has 16 heavy (non-hydrogen) atoms. The molecular weight excluding hydrogens is 202 g/mol. The van der Waals surface area contributed by atoms with Crippen molar-refractivity contribution in [2.75, 3.05) is 5.73 Å².